The molecule has 6 nitrogen and oxygen atoms in total. The van der Waals surface area contributed by atoms with E-state index in [-0.39, 0.29) is 0 Å². The van der Waals surface area contributed by atoms with Gasteiger partial charge in [-0.15, -0.1) is 0 Å². The Hall–Kier alpha value is -2.41. The molecule has 0 aliphatic carbocycles. The fraction of sp³-hybridized carbons (Fsp3) is 0.143. The molecule has 2 aromatic rings. The number of anilines is 1. The molecule has 0 aliphatic rings. The summed E-state index contributed by atoms with van der Waals surface area (Å²) >= 11 is 0. The lowest BCUT2D eigenvalue weighted by molar-refractivity contribution is -0.135. The summed E-state index contributed by atoms with van der Waals surface area (Å²) < 4.78 is 24.2. The zero-order chi connectivity index (χ0) is 15.5. The summed E-state index contributed by atoms with van der Waals surface area (Å²) in [6.07, 6.45) is 4.33. The van der Waals surface area contributed by atoms with Gasteiger partial charge >= 0.3 is 5.97 Å². The van der Waals surface area contributed by atoms with Crippen LogP contribution in [-0.2, 0) is 14.8 Å². The molecule has 1 N–H and O–H groups in total. The molecule has 21 heavy (non-hydrogen) atoms. The highest BCUT2D eigenvalue weighted by molar-refractivity contribution is 7.92. The van der Waals surface area contributed by atoms with E-state index >= 15 is 0 Å². The number of benzene rings is 1. The number of hydrogen-bond acceptors (Lipinski definition) is 4. The van der Waals surface area contributed by atoms with E-state index in [4.69, 9.17) is 5.11 Å². The zero-order valence-electron chi connectivity index (χ0n) is 11.3. The maximum atomic E-state index is 11.7. The van der Waals surface area contributed by atoms with E-state index in [9.17, 15) is 13.2 Å². The molecule has 1 aromatic carbocycles. The third kappa shape index (κ3) is 3.79. The van der Waals surface area contributed by atoms with Crippen LogP contribution in [0, 0.1) is 0 Å². The molecule has 7 heteroatoms. The maximum absolute atomic E-state index is 11.7. The number of carboxylic acid groups (broad SMARTS) is 1. The molecule has 110 valence electrons. The predicted molar refractivity (Wildman–Crippen MR) is 79.5 cm³/mol. The molecular weight excluding hydrogens is 292 g/mol. The van der Waals surface area contributed by atoms with E-state index in [1.807, 2.05) is 6.07 Å². The van der Waals surface area contributed by atoms with E-state index in [1.54, 1.807) is 42.7 Å². The third-order valence-corrected chi connectivity index (χ3v) is 3.97. The Morgan fingerprint density at radius 3 is 2.33 bits per heavy atom. The van der Waals surface area contributed by atoms with E-state index in [0.29, 0.717) is 5.69 Å². The van der Waals surface area contributed by atoms with Crippen molar-refractivity contribution >= 4 is 21.7 Å². The number of carboxylic acids is 1. The quantitative estimate of drug-likeness (QED) is 0.906. The number of pyridine rings is 1. The van der Waals surface area contributed by atoms with Gasteiger partial charge in [0.1, 0.15) is 6.54 Å². The second-order valence-electron chi connectivity index (χ2n) is 4.45. The number of rotatable bonds is 5. The molecule has 0 atom stereocenters. The average molecular weight is 306 g/mol. The van der Waals surface area contributed by atoms with Crippen LogP contribution in [0.2, 0.25) is 0 Å². The summed E-state index contributed by atoms with van der Waals surface area (Å²) in [4.78, 5) is 14.8. The van der Waals surface area contributed by atoms with Gasteiger partial charge in [-0.3, -0.25) is 14.1 Å². The lowest BCUT2D eigenvalue weighted by Crippen LogP contribution is -2.34. The van der Waals surface area contributed by atoms with Gasteiger partial charge in [-0.1, -0.05) is 18.2 Å². The van der Waals surface area contributed by atoms with Crippen molar-refractivity contribution in [3.05, 3.63) is 48.8 Å². The summed E-state index contributed by atoms with van der Waals surface area (Å²) in [5.41, 5.74) is 2.08. The highest BCUT2D eigenvalue weighted by atomic mass is 32.2. The molecule has 0 fully saturated rings. The molecule has 0 spiro atoms. The molecule has 0 radical (unpaired) electrons. The van der Waals surface area contributed by atoms with E-state index in [2.05, 4.69) is 4.98 Å². The minimum absolute atomic E-state index is 0.313. The molecule has 0 saturated heterocycles. The van der Waals surface area contributed by atoms with Crippen molar-refractivity contribution in [1.29, 1.82) is 0 Å². The Bertz CT molecular complexity index is 727. The monoisotopic (exact) mass is 306 g/mol. The van der Waals surface area contributed by atoms with Gasteiger partial charge in [0.15, 0.2) is 0 Å². The van der Waals surface area contributed by atoms with Crippen molar-refractivity contribution in [3.63, 3.8) is 0 Å². The summed E-state index contributed by atoms with van der Waals surface area (Å²) in [5.74, 6) is -1.21. The molecule has 0 amide bonds. The van der Waals surface area contributed by atoms with Crippen LogP contribution in [0.3, 0.4) is 0 Å². The Kier molecular flexibility index (Phi) is 4.23. The van der Waals surface area contributed by atoms with Gasteiger partial charge in [-0.05, 0) is 29.3 Å². The van der Waals surface area contributed by atoms with Crippen LogP contribution in [0.5, 0.6) is 0 Å². The lowest BCUT2D eigenvalue weighted by atomic mass is 10.1. The van der Waals surface area contributed by atoms with Crippen LogP contribution < -0.4 is 4.31 Å². The summed E-state index contributed by atoms with van der Waals surface area (Å²) in [7, 11) is -3.65. The first-order valence-corrected chi connectivity index (χ1v) is 7.93. The fourth-order valence-corrected chi connectivity index (χ4v) is 2.73. The largest absolute Gasteiger partial charge is 0.480 e. The molecule has 0 bridgehead atoms. The fourth-order valence-electron chi connectivity index (χ4n) is 1.88. The molecule has 1 aromatic heterocycles. The molecule has 0 unspecified atom stereocenters. The van der Waals surface area contributed by atoms with Crippen molar-refractivity contribution in [1.82, 2.24) is 4.98 Å². The van der Waals surface area contributed by atoms with Crippen LogP contribution in [0.25, 0.3) is 11.1 Å². The zero-order valence-corrected chi connectivity index (χ0v) is 12.1. The number of carbonyl (C=O) groups is 1. The SMILES string of the molecule is CS(=O)(=O)N(CC(=O)O)c1ccc(-c2cccnc2)cc1. The topological polar surface area (TPSA) is 87.6 Å². The Morgan fingerprint density at radius 2 is 1.86 bits per heavy atom. The van der Waals surface area contributed by atoms with Crippen molar-refractivity contribution in [3.8, 4) is 11.1 Å². The van der Waals surface area contributed by atoms with Gasteiger partial charge < -0.3 is 5.11 Å². The Morgan fingerprint density at radius 1 is 1.19 bits per heavy atom. The molecular formula is C14H14N2O4S. The first kappa shape index (κ1) is 15.0. The second-order valence-corrected chi connectivity index (χ2v) is 6.36. The van der Waals surface area contributed by atoms with Crippen LogP contribution in [-0.4, -0.2) is 37.3 Å². The Balaban J connectivity index is 2.34. The number of hydrogen-bond donors (Lipinski definition) is 1. The van der Waals surface area contributed by atoms with Crippen LogP contribution in [0.15, 0.2) is 48.8 Å². The van der Waals surface area contributed by atoms with Crippen molar-refractivity contribution in [2.75, 3.05) is 17.1 Å². The van der Waals surface area contributed by atoms with Gasteiger partial charge in [0.25, 0.3) is 0 Å². The second kappa shape index (κ2) is 5.92. The van der Waals surface area contributed by atoms with Gasteiger partial charge in [0.05, 0.1) is 11.9 Å². The lowest BCUT2D eigenvalue weighted by Gasteiger charge is -2.20. The number of nitrogens with zero attached hydrogens (tertiary/aromatic N) is 2. The van der Waals surface area contributed by atoms with Crippen LogP contribution >= 0.6 is 0 Å². The van der Waals surface area contributed by atoms with Gasteiger partial charge in [0.2, 0.25) is 10.0 Å². The molecule has 1 heterocycles. The number of aliphatic carboxylic acids is 1. The highest BCUT2D eigenvalue weighted by Gasteiger charge is 2.20. The minimum Gasteiger partial charge on any atom is -0.480 e. The predicted octanol–water partition coefficient (Wildman–Crippen LogP) is 1.60. The Labute approximate surface area is 122 Å². The van der Waals surface area contributed by atoms with Crippen LogP contribution in [0.4, 0.5) is 5.69 Å². The average Bonchev–Trinajstić information content (AvgIpc) is 2.45. The number of aromatic nitrogens is 1. The van der Waals surface area contributed by atoms with Gasteiger partial charge in [-0.25, -0.2) is 8.42 Å². The maximum Gasteiger partial charge on any atom is 0.324 e. The smallest absolute Gasteiger partial charge is 0.324 e. The highest BCUT2D eigenvalue weighted by Crippen LogP contribution is 2.23. The van der Waals surface area contributed by atoms with Gasteiger partial charge in [-0.2, -0.15) is 0 Å². The van der Waals surface area contributed by atoms with Crippen molar-refractivity contribution < 1.29 is 18.3 Å². The van der Waals surface area contributed by atoms with E-state index in [1.165, 1.54) is 0 Å². The summed E-state index contributed by atoms with van der Waals surface area (Å²) in [6.45, 7) is -0.606. The third-order valence-electron chi connectivity index (χ3n) is 2.83. The van der Waals surface area contributed by atoms with Gasteiger partial charge in [0, 0.05) is 12.4 Å². The van der Waals surface area contributed by atoms with Crippen molar-refractivity contribution in [2.24, 2.45) is 0 Å². The molecule has 0 saturated carbocycles. The number of sulfonamides is 1. The van der Waals surface area contributed by atoms with E-state index < -0.39 is 22.5 Å². The first-order chi connectivity index (χ1) is 9.88. The first-order valence-electron chi connectivity index (χ1n) is 6.08. The van der Waals surface area contributed by atoms with Crippen LogP contribution in [0.1, 0.15) is 0 Å². The summed E-state index contributed by atoms with van der Waals surface area (Å²) in [6, 6.07) is 10.3. The molecule has 2 rings (SSSR count). The van der Waals surface area contributed by atoms with E-state index in [0.717, 1.165) is 21.7 Å². The minimum atomic E-state index is -3.65. The molecule has 0 aliphatic heterocycles. The van der Waals surface area contributed by atoms with Crippen molar-refractivity contribution in [2.45, 2.75) is 0 Å². The summed E-state index contributed by atoms with van der Waals surface area (Å²) in [5, 5.41) is 8.83. The normalized spacial score (nSPS) is 11.1. The standard InChI is InChI=1S/C14H14N2O4S/c1-21(19,20)16(10-14(17)18)13-6-4-11(5-7-13)12-3-2-8-15-9-12/h2-9H,10H2,1H3,(H,17,18).